The number of amides is 1. The molecule has 0 aliphatic carbocycles. The van der Waals surface area contributed by atoms with E-state index in [-0.39, 0.29) is 5.91 Å². The van der Waals surface area contributed by atoms with Gasteiger partial charge in [0.25, 0.3) is 10.2 Å². The lowest BCUT2D eigenvalue weighted by Crippen LogP contribution is -2.57. The van der Waals surface area contributed by atoms with Gasteiger partial charge in [0.05, 0.1) is 26.0 Å². The number of methoxy groups -OCH3 is 2. The Morgan fingerprint density at radius 1 is 1.28 bits per heavy atom. The molecule has 0 radical (unpaired) electrons. The maximum Gasteiger partial charge on any atom is 0.280 e. The first-order valence-corrected chi connectivity index (χ1v) is 11.9. The second-order valence-electron chi connectivity index (χ2n) is 7.70. The van der Waals surface area contributed by atoms with E-state index in [0.29, 0.717) is 37.4 Å². The predicted molar refractivity (Wildman–Crippen MR) is 120 cm³/mol. The fraction of sp³-hybridized carbons (Fsp3) is 0.524. The van der Waals surface area contributed by atoms with Crippen LogP contribution in [-0.4, -0.2) is 62.3 Å². The third-order valence-electron chi connectivity index (χ3n) is 5.72. The molecule has 1 aliphatic heterocycles. The zero-order valence-corrected chi connectivity index (χ0v) is 19.9. The summed E-state index contributed by atoms with van der Waals surface area (Å²) in [5.74, 6) is 0.921. The van der Waals surface area contributed by atoms with Gasteiger partial charge in [0, 0.05) is 31.9 Å². The summed E-state index contributed by atoms with van der Waals surface area (Å²) >= 11 is 0. The molecule has 1 saturated heterocycles. The molecule has 0 spiro atoms. The Morgan fingerprint density at radius 2 is 2.00 bits per heavy atom. The molecule has 1 fully saturated rings. The summed E-state index contributed by atoms with van der Waals surface area (Å²) in [4.78, 5) is 12.9. The first-order chi connectivity index (χ1) is 15.2. The topological polar surface area (TPSA) is 115 Å². The summed E-state index contributed by atoms with van der Waals surface area (Å²) in [5, 5.41) is 7.27. The number of aromatic nitrogens is 2. The van der Waals surface area contributed by atoms with E-state index < -0.39 is 22.3 Å². The fourth-order valence-electron chi connectivity index (χ4n) is 3.83. The van der Waals surface area contributed by atoms with Crippen LogP contribution in [0.25, 0.3) is 0 Å². The van der Waals surface area contributed by atoms with Gasteiger partial charge in [0.1, 0.15) is 6.04 Å². The first-order valence-electron chi connectivity index (χ1n) is 10.5. The maximum absolute atomic E-state index is 12.9. The minimum atomic E-state index is -3.81. The second kappa shape index (κ2) is 9.88. The molecule has 11 heteroatoms. The Balaban J connectivity index is 1.68. The molecule has 32 heavy (non-hydrogen) atoms. The number of aryl methyl sites for hydroxylation is 2. The summed E-state index contributed by atoms with van der Waals surface area (Å²) in [6.45, 7) is 4.85. The van der Waals surface area contributed by atoms with Crippen LogP contribution in [0.15, 0.2) is 24.4 Å². The number of carbonyl (C=O) groups excluding carboxylic acids is 1. The molecule has 3 rings (SSSR count). The van der Waals surface area contributed by atoms with Crippen molar-refractivity contribution in [3.8, 4) is 11.5 Å². The first kappa shape index (κ1) is 24.0. The van der Waals surface area contributed by atoms with E-state index in [9.17, 15) is 13.2 Å². The molecule has 1 amide bonds. The van der Waals surface area contributed by atoms with Gasteiger partial charge in [-0.15, -0.1) is 0 Å². The van der Waals surface area contributed by atoms with Crippen molar-refractivity contribution < 1.29 is 22.7 Å². The zero-order chi connectivity index (χ0) is 23.5. The zero-order valence-electron chi connectivity index (χ0n) is 19.1. The fourth-order valence-corrected chi connectivity index (χ4v) is 5.10. The Labute approximate surface area is 189 Å². The van der Waals surface area contributed by atoms with Crippen molar-refractivity contribution in [3.63, 3.8) is 0 Å². The van der Waals surface area contributed by atoms with Crippen LogP contribution in [0.3, 0.4) is 0 Å². The highest BCUT2D eigenvalue weighted by molar-refractivity contribution is 7.87. The van der Waals surface area contributed by atoms with Crippen LogP contribution in [0, 0.1) is 6.92 Å². The number of likely N-dealkylation sites (N-methyl/N-ethyl adjacent to an activating group) is 1. The van der Waals surface area contributed by atoms with Crippen LogP contribution in [0.4, 0.5) is 0 Å². The van der Waals surface area contributed by atoms with Crippen LogP contribution >= 0.6 is 0 Å². The SMILES string of the molecule is CCn1cc([C@H]2C[C@@H](C(=O)NCCc3ccc(OC)c(OC)c3)N(C)S(=O)(=O)N2)c(C)n1. The van der Waals surface area contributed by atoms with Gasteiger partial charge in [0.2, 0.25) is 5.91 Å². The monoisotopic (exact) mass is 465 g/mol. The van der Waals surface area contributed by atoms with Crippen molar-refractivity contribution in [1.82, 2.24) is 24.1 Å². The number of hydrogen-bond donors (Lipinski definition) is 2. The van der Waals surface area contributed by atoms with E-state index in [1.54, 1.807) is 18.9 Å². The van der Waals surface area contributed by atoms with Crippen LogP contribution in [-0.2, 0) is 28.0 Å². The molecule has 1 aromatic carbocycles. The Hall–Kier alpha value is -2.63. The number of nitrogens with one attached hydrogen (secondary N) is 2. The quantitative estimate of drug-likeness (QED) is 0.605. The molecular formula is C21H31N5O5S. The summed E-state index contributed by atoms with van der Waals surface area (Å²) < 4.78 is 41.4. The van der Waals surface area contributed by atoms with E-state index in [1.165, 1.54) is 7.05 Å². The highest BCUT2D eigenvalue weighted by Gasteiger charge is 2.41. The summed E-state index contributed by atoms with van der Waals surface area (Å²) in [6, 6.07) is 4.24. The van der Waals surface area contributed by atoms with Gasteiger partial charge in [-0.2, -0.15) is 22.5 Å². The van der Waals surface area contributed by atoms with Gasteiger partial charge >= 0.3 is 0 Å². The lowest BCUT2D eigenvalue weighted by atomic mass is 10.00. The third kappa shape index (κ3) is 5.05. The van der Waals surface area contributed by atoms with Gasteiger partial charge < -0.3 is 14.8 Å². The van der Waals surface area contributed by atoms with Gasteiger partial charge in [-0.05, 0) is 44.4 Å². The average molecular weight is 466 g/mol. The van der Waals surface area contributed by atoms with Crippen molar-refractivity contribution >= 4 is 16.1 Å². The van der Waals surface area contributed by atoms with Gasteiger partial charge in [-0.3, -0.25) is 9.48 Å². The standard InChI is InChI=1S/C21H31N5O5S/c1-6-26-13-16(14(2)23-26)17-12-18(25(3)32(28,29)24-17)21(27)22-10-9-15-7-8-19(30-4)20(11-15)31-5/h7-8,11,13,17-18,24H,6,9-10,12H2,1-5H3,(H,22,27)/t17-,18+/m1/s1. The predicted octanol–water partition coefficient (Wildman–Crippen LogP) is 1.17. The lowest BCUT2D eigenvalue weighted by molar-refractivity contribution is -0.125. The van der Waals surface area contributed by atoms with Crippen LogP contribution < -0.4 is 19.5 Å². The van der Waals surface area contributed by atoms with Crippen molar-refractivity contribution in [2.24, 2.45) is 0 Å². The summed E-state index contributed by atoms with van der Waals surface area (Å²) in [6.07, 6.45) is 2.72. The maximum atomic E-state index is 12.9. The Morgan fingerprint density at radius 3 is 2.62 bits per heavy atom. The number of benzene rings is 1. The number of ether oxygens (including phenoxy) is 2. The molecule has 2 heterocycles. The van der Waals surface area contributed by atoms with Crippen molar-refractivity contribution in [3.05, 3.63) is 41.2 Å². The third-order valence-corrected chi connectivity index (χ3v) is 7.31. The average Bonchev–Trinajstić information content (AvgIpc) is 3.16. The molecule has 2 N–H and O–H groups in total. The molecule has 2 aromatic rings. The highest BCUT2D eigenvalue weighted by Crippen LogP contribution is 2.30. The van der Waals surface area contributed by atoms with E-state index in [1.807, 2.05) is 38.2 Å². The van der Waals surface area contributed by atoms with E-state index in [2.05, 4.69) is 15.1 Å². The molecular weight excluding hydrogens is 434 g/mol. The largest absolute Gasteiger partial charge is 0.493 e. The van der Waals surface area contributed by atoms with Crippen molar-refractivity contribution in [1.29, 1.82) is 0 Å². The lowest BCUT2D eigenvalue weighted by Gasteiger charge is -2.36. The number of rotatable bonds is 8. The van der Waals surface area contributed by atoms with Crippen molar-refractivity contribution in [2.75, 3.05) is 27.8 Å². The summed E-state index contributed by atoms with van der Waals surface area (Å²) in [5.41, 5.74) is 2.50. The summed E-state index contributed by atoms with van der Waals surface area (Å²) in [7, 11) is 0.751. The molecule has 1 aliphatic rings. The minimum Gasteiger partial charge on any atom is -0.493 e. The van der Waals surface area contributed by atoms with Gasteiger partial charge in [-0.25, -0.2) is 0 Å². The second-order valence-corrected chi connectivity index (χ2v) is 9.46. The molecule has 2 atom stereocenters. The van der Waals surface area contributed by atoms with Crippen molar-refractivity contribution in [2.45, 2.75) is 45.3 Å². The molecule has 0 saturated carbocycles. The molecule has 0 bridgehead atoms. The van der Waals surface area contributed by atoms with Crippen LogP contribution in [0.2, 0.25) is 0 Å². The number of nitrogens with zero attached hydrogens (tertiary/aromatic N) is 3. The normalized spacial score (nSPS) is 20.7. The Bertz CT molecular complexity index is 1070. The van der Waals surface area contributed by atoms with E-state index >= 15 is 0 Å². The molecule has 0 unspecified atom stereocenters. The smallest absolute Gasteiger partial charge is 0.280 e. The number of hydrogen-bond acceptors (Lipinski definition) is 6. The minimum absolute atomic E-state index is 0.314. The molecule has 176 valence electrons. The van der Waals surface area contributed by atoms with Gasteiger partial charge in [0.15, 0.2) is 11.5 Å². The highest BCUT2D eigenvalue weighted by atomic mass is 32.2. The number of carbonyl (C=O) groups is 1. The molecule has 10 nitrogen and oxygen atoms in total. The van der Waals surface area contributed by atoms with E-state index in [0.717, 1.165) is 21.1 Å². The van der Waals surface area contributed by atoms with Crippen LogP contribution in [0.1, 0.15) is 36.2 Å². The van der Waals surface area contributed by atoms with Crippen LogP contribution in [0.5, 0.6) is 11.5 Å². The van der Waals surface area contributed by atoms with E-state index in [4.69, 9.17) is 9.47 Å². The Kier molecular flexibility index (Phi) is 7.42. The molecule has 1 aromatic heterocycles. The van der Waals surface area contributed by atoms with Gasteiger partial charge in [-0.1, -0.05) is 6.07 Å².